The molecule has 18 heavy (non-hydrogen) atoms. The third-order valence-electron chi connectivity index (χ3n) is 3.44. The zero-order valence-electron chi connectivity index (χ0n) is 10.8. The van der Waals surface area contributed by atoms with Gasteiger partial charge in [-0.2, -0.15) is 0 Å². The molecule has 0 N–H and O–H groups in total. The van der Waals surface area contributed by atoms with E-state index in [0.29, 0.717) is 0 Å². The van der Waals surface area contributed by atoms with E-state index >= 15 is 0 Å². The van der Waals surface area contributed by atoms with Crippen molar-refractivity contribution in [2.45, 2.75) is 26.2 Å². The second-order valence-corrected chi connectivity index (χ2v) is 5.74. The van der Waals surface area contributed by atoms with Crippen molar-refractivity contribution in [1.29, 1.82) is 0 Å². The second kappa shape index (κ2) is 3.52. The average Bonchev–Trinajstić information content (AvgIpc) is 2.63. The molecule has 0 atom stereocenters. The molecule has 3 rings (SSSR count). The average molecular weight is 237 g/mol. The van der Waals surface area contributed by atoms with Crippen LogP contribution in [-0.2, 0) is 5.41 Å². The molecule has 0 saturated carbocycles. The first kappa shape index (κ1) is 11.1. The maximum absolute atomic E-state index is 12.3. The minimum Gasteiger partial charge on any atom is -0.289 e. The number of benzene rings is 1. The van der Waals surface area contributed by atoms with Gasteiger partial charge in [0.1, 0.15) is 0 Å². The molecule has 1 heterocycles. The van der Waals surface area contributed by atoms with Gasteiger partial charge in [-0.05, 0) is 29.2 Å². The number of hydrogen-bond donors (Lipinski definition) is 0. The lowest BCUT2D eigenvalue weighted by atomic mass is 9.85. The van der Waals surface area contributed by atoms with Gasteiger partial charge >= 0.3 is 0 Å². The summed E-state index contributed by atoms with van der Waals surface area (Å²) in [5.41, 5.74) is 4.52. The van der Waals surface area contributed by atoms with E-state index in [2.05, 4.69) is 31.8 Å². The molecule has 1 aliphatic carbocycles. The smallest absolute Gasteiger partial charge is 0.195 e. The number of carbonyl (C=O) groups excluding carboxylic acids is 1. The van der Waals surface area contributed by atoms with Crippen LogP contribution in [0.15, 0.2) is 36.5 Å². The Morgan fingerprint density at radius 3 is 2.50 bits per heavy atom. The zero-order valence-corrected chi connectivity index (χ0v) is 10.8. The summed E-state index contributed by atoms with van der Waals surface area (Å²) in [6, 6.07) is 9.79. The van der Waals surface area contributed by atoms with Gasteiger partial charge in [0, 0.05) is 22.9 Å². The third kappa shape index (κ3) is 1.49. The molecular formula is C16H15NO. The van der Waals surface area contributed by atoms with Gasteiger partial charge in [-0.3, -0.25) is 9.78 Å². The first-order valence-electron chi connectivity index (χ1n) is 6.13. The van der Waals surface area contributed by atoms with E-state index in [-0.39, 0.29) is 11.2 Å². The summed E-state index contributed by atoms with van der Waals surface area (Å²) in [5, 5.41) is 0. The second-order valence-electron chi connectivity index (χ2n) is 5.74. The molecule has 0 radical (unpaired) electrons. The molecule has 2 aromatic rings. The molecule has 2 nitrogen and oxygen atoms in total. The first-order valence-corrected chi connectivity index (χ1v) is 6.13. The summed E-state index contributed by atoms with van der Waals surface area (Å²) >= 11 is 0. The topological polar surface area (TPSA) is 30.0 Å². The van der Waals surface area contributed by atoms with E-state index in [4.69, 9.17) is 0 Å². The van der Waals surface area contributed by atoms with Gasteiger partial charge in [-0.15, -0.1) is 0 Å². The quantitative estimate of drug-likeness (QED) is 0.598. The molecule has 1 aliphatic rings. The summed E-state index contributed by atoms with van der Waals surface area (Å²) in [6.45, 7) is 6.46. The van der Waals surface area contributed by atoms with Gasteiger partial charge in [0.15, 0.2) is 5.78 Å². The molecule has 0 spiro atoms. The molecular weight excluding hydrogens is 222 g/mol. The van der Waals surface area contributed by atoms with Gasteiger partial charge in [-0.25, -0.2) is 0 Å². The Morgan fingerprint density at radius 2 is 1.78 bits per heavy atom. The SMILES string of the molecule is CC(C)(C)c1ccc2c(c1)C(=O)c1cccnc1-2. The number of aromatic nitrogens is 1. The van der Waals surface area contributed by atoms with Crippen molar-refractivity contribution in [1.82, 2.24) is 4.98 Å². The minimum atomic E-state index is 0.0531. The van der Waals surface area contributed by atoms with Crippen LogP contribution in [0.2, 0.25) is 0 Å². The van der Waals surface area contributed by atoms with Crippen molar-refractivity contribution >= 4 is 5.78 Å². The number of carbonyl (C=O) groups is 1. The van der Waals surface area contributed by atoms with Crippen molar-refractivity contribution in [3.05, 3.63) is 53.2 Å². The fourth-order valence-corrected chi connectivity index (χ4v) is 2.35. The maximum Gasteiger partial charge on any atom is 0.195 e. The molecule has 0 amide bonds. The largest absolute Gasteiger partial charge is 0.289 e. The maximum atomic E-state index is 12.3. The van der Waals surface area contributed by atoms with Crippen LogP contribution in [0.5, 0.6) is 0 Å². The highest BCUT2D eigenvalue weighted by atomic mass is 16.1. The lowest BCUT2D eigenvalue weighted by Crippen LogP contribution is -2.11. The number of hydrogen-bond acceptors (Lipinski definition) is 2. The molecule has 2 heteroatoms. The van der Waals surface area contributed by atoms with Gasteiger partial charge in [-0.1, -0.05) is 32.9 Å². The van der Waals surface area contributed by atoms with Gasteiger partial charge in [0.25, 0.3) is 0 Å². The van der Waals surface area contributed by atoms with E-state index in [1.165, 1.54) is 5.56 Å². The molecule has 0 aliphatic heterocycles. The van der Waals surface area contributed by atoms with Gasteiger partial charge < -0.3 is 0 Å². The Labute approximate surface area is 107 Å². The number of fused-ring (bicyclic) bond motifs is 3. The predicted octanol–water partition coefficient (Wildman–Crippen LogP) is 3.59. The Morgan fingerprint density at radius 1 is 1.00 bits per heavy atom. The van der Waals surface area contributed by atoms with E-state index < -0.39 is 0 Å². The van der Waals surface area contributed by atoms with Gasteiger partial charge in [0.05, 0.1) is 5.69 Å². The normalized spacial score (nSPS) is 13.4. The number of rotatable bonds is 0. The molecule has 0 fully saturated rings. The molecule has 0 saturated heterocycles. The Hall–Kier alpha value is -1.96. The summed E-state index contributed by atoms with van der Waals surface area (Å²) in [6.07, 6.45) is 1.74. The highest BCUT2D eigenvalue weighted by molar-refractivity contribution is 6.21. The Kier molecular flexibility index (Phi) is 2.18. The summed E-state index contributed by atoms with van der Waals surface area (Å²) in [4.78, 5) is 16.6. The fourth-order valence-electron chi connectivity index (χ4n) is 2.35. The van der Waals surface area contributed by atoms with Crippen molar-refractivity contribution < 1.29 is 4.79 Å². The Bertz CT molecular complexity index is 650. The van der Waals surface area contributed by atoms with E-state index in [0.717, 1.165) is 22.4 Å². The van der Waals surface area contributed by atoms with Crippen LogP contribution in [-0.4, -0.2) is 10.8 Å². The van der Waals surface area contributed by atoms with Crippen LogP contribution in [0.25, 0.3) is 11.3 Å². The molecule has 1 aromatic heterocycles. The van der Waals surface area contributed by atoms with Crippen molar-refractivity contribution in [3.8, 4) is 11.3 Å². The Balaban J connectivity index is 2.23. The first-order chi connectivity index (χ1) is 8.48. The fraction of sp³-hybridized carbons (Fsp3) is 0.250. The van der Waals surface area contributed by atoms with Crippen molar-refractivity contribution in [2.75, 3.05) is 0 Å². The number of nitrogens with zero attached hydrogens (tertiary/aromatic N) is 1. The lowest BCUT2D eigenvalue weighted by molar-refractivity contribution is 0.104. The molecule has 90 valence electrons. The predicted molar refractivity (Wildman–Crippen MR) is 71.8 cm³/mol. The summed E-state index contributed by atoms with van der Waals surface area (Å²) < 4.78 is 0. The molecule has 0 bridgehead atoms. The van der Waals surface area contributed by atoms with Crippen LogP contribution in [0.1, 0.15) is 42.3 Å². The van der Waals surface area contributed by atoms with E-state index in [1.54, 1.807) is 6.20 Å². The minimum absolute atomic E-state index is 0.0531. The monoisotopic (exact) mass is 237 g/mol. The summed E-state index contributed by atoms with van der Waals surface area (Å²) in [5.74, 6) is 0.0965. The lowest BCUT2D eigenvalue weighted by Gasteiger charge is -2.19. The third-order valence-corrected chi connectivity index (χ3v) is 3.44. The van der Waals surface area contributed by atoms with E-state index in [9.17, 15) is 4.79 Å². The summed E-state index contributed by atoms with van der Waals surface area (Å²) in [7, 11) is 0. The number of ketones is 1. The molecule has 1 aromatic carbocycles. The van der Waals surface area contributed by atoms with E-state index in [1.807, 2.05) is 24.3 Å². The van der Waals surface area contributed by atoms with Crippen LogP contribution in [0, 0.1) is 0 Å². The van der Waals surface area contributed by atoms with Crippen LogP contribution in [0.3, 0.4) is 0 Å². The van der Waals surface area contributed by atoms with Crippen molar-refractivity contribution in [2.24, 2.45) is 0 Å². The standard InChI is InChI=1S/C16H15NO/c1-16(2,3)10-6-7-11-13(9-10)15(18)12-5-4-8-17-14(11)12/h4-9H,1-3H3. The highest BCUT2D eigenvalue weighted by Crippen LogP contribution is 2.37. The number of pyridine rings is 1. The van der Waals surface area contributed by atoms with Crippen LogP contribution in [0.4, 0.5) is 0 Å². The van der Waals surface area contributed by atoms with Crippen LogP contribution < -0.4 is 0 Å². The highest BCUT2D eigenvalue weighted by Gasteiger charge is 2.28. The zero-order chi connectivity index (χ0) is 12.9. The van der Waals surface area contributed by atoms with Gasteiger partial charge in [0.2, 0.25) is 0 Å². The van der Waals surface area contributed by atoms with Crippen molar-refractivity contribution in [3.63, 3.8) is 0 Å². The van der Waals surface area contributed by atoms with Crippen LogP contribution >= 0.6 is 0 Å². The molecule has 0 unspecified atom stereocenters.